The van der Waals surface area contributed by atoms with E-state index in [0.29, 0.717) is 33.1 Å². The summed E-state index contributed by atoms with van der Waals surface area (Å²) in [7, 11) is 0. The lowest BCUT2D eigenvalue weighted by Gasteiger charge is -2.30. The summed E-state index contributed by atoms with van der Waals surface area (Å²) in [5.41, 5.74) is 2.13. The molecule has 2 aliphatic rings. The molecular weight excluding hydrogens is 432 g/mol. The van der Waals surface area contributed by atoms with Crippen LogP contribution in [0.4, 0.5) is 17.1 Å². The van der Waals surface area contributed by atoms with Gasteiger partial charge in [-0.1, -0.05) is 48.0 Å². The first-order valence-electron chi connectivity index (χ1n) is 9.78. The lowest BCUT2D eigenvalue weighted by molar-refractivity contribution is -0.384. The minimum absolute atomic E-state index is 0.0153. The molecule has 0 aliphatic carbocycles. The van der Waals surface area contributed by atoms with Gasteiger partial charge in [0.15, 0.2) is 5.69 Å². The number of nitrogens with one attached hydrogen (secondary N) is 1. The minimum atomic E-state index is -0.619. The average Bonchev–Trinajstić information content (AvgIpc) is 3.03. The quantitative estimate of drug-likeness (QED) is 0.362. The van der Waals surface area contributed by atoms with Crippen molar-refractivity contribution >= 4 is 46.2 Å². The summed E-state index contributed by atoms with van der Waals surface area (Å²) in [6.07, 6.45) is 0. The predicted molar refractivity (Wildman–Crippen MR) is 120 cm³/mol. The van der Waals surface area contributed by atoms with Crippen molar-refractivity contribution in [1.29, 1.82) is 0 Å². The molecule has 1 N–H and O–H groups in total. The number of anilines is 1. The molecule has 0 fully saturated rings. The fraction of sp³-hybridized carbons (Fsp3) is 0.0870. The number of nitrogens with zero attached hydrogens (tertiary/aromatic N) is 3. The van der Waals surface area contributed by atoms with E-state index < -0.39 is 22.8 Å². The zero-order valence-corrected chi connectivity index (χ0v) is 17.2. The largest absolute Gasteiger partial charge is 0.373 e. The summed E-state index contributed by atoms with van der Waals surface area (Å²) in [6, 6.07) is 17.6. The molecule has 0 saturated carbocycles. The molecule has 3 aromatic carbocycles. The van der Waals surface area contributed by atoms with Gasteiger partial charge in [0.2, 0.25) is 0 Å². The summed E-state index contributed by atoms with van der Waals surface area (Å²) in [5.74, 6) is -0.786. The minimum Gasteiger partial charge on any atom is -0.373 e. The van der Waals surface area contributed by atoms with Crippen LogP contribution in [0.3, 0.4) is 0 Å². The third-order valence-electron chi connectivity index (χ3n) is 5.50. The highest BCUT2D eigenvalue weighted by atomic mass is 35.5. The second-order valence-electron chi connectivity index (χ2n) is 7.37. The number of halogens is 1. The Morgan fingerprint density at radius 3 is 2.19 bits per heavy atom. The van der Waals surface area contributed by atoms with Crippen LogP contribution in [-0.4, -0.2) is 39.9 Å². The maximum atomic E-state index is 12.9. The van der Waals surface area contributed by atoms with Gasteiger partial charge in [0.25, 0.3) is 17.5 Å². The zero-order chi connectivity index (χ0) is 22.4. The Morgan fingerprint density at radius 1 is 0.938 bits per heavy atom. The molecular formula is C23H15ClN4O4. The van der Waals surface area contributed by atoms with Crippen LogP contribution in [0.5, 0.6) is 0 Å². The number of amides is 2. The normalized spacial score (nSPS) is 16.8. The molecule has 1 unspecified atom stereocenters. The third-order valence-corrected chi connectivity index (χ3v) is 5.83. The Hall–Kier alpha value is -4.04. The van der Waals surface area contributed by atoms with E-state index in [4.69, 9.17) is 11.6 Å². The summed E-state index contributed by atoms with van der Waals surface area (Å²) < 4.78 is 0. The van der Waals surface area contributed by atoms with Crippen molar-refractivity contribution in [3.8, 4) is 0 Å². The Balaban J connectivity index is 1.59. The fourth-order valence-electron chi connectivity index (χ4n) is 4.00. The summed E-state index contributed by atoms with van der Waals surface area (Å²) in [6.45, 7) is -0.0153. The molecule has 2 heterocycles. The molecule has 0 saturated heterocycles. The molecule has 2 aliphatic heterocycles. The molecule has 0 radical (unpaired) electrons. The van der Waals surface area contributed by atoms with E-state index >= 15 is 0 Å². The summed E-state index contributed by atoms with van der Waals surface area (Å²) in [5, 5.41) is 15.2. The number of aliphatic imine (C=N–C) groups is 1. The van der Waals surface area contributed by atoms with Gasteiger partial charge in [0.1, 0.15) is 0 Å². The number of hydrogen-bond acceptors (Lipinski definition) is 6. The van der Waals surface area contributed by atoms with Gasteiger partial charge < -0.3 is 5.32 Å². The van der Waals surface area contributed by atoms with E-state index in [-0.39, 0.29) is 17.9 Å². The molecule has 0 aromatic heterocycles. The van der Waals surface area contributed by atoms with Crippen LogP contribution in [-0.2, 0) is 0 Å². The molecule has 5 rings (SSSR count). The number of benzene rings is 3. The number of imide groups is 1. The summed E-state index contributed by atoms with van der Waals surface area (Å²) in [4.78, 5) is 42.6. The third kappa shape index (κ3) is 3.12. The van der Waals surface area contributed by atoms with E-state index in [1.165, 1.54) is 6.07 Å². The van der Waals surface area contributed by atoms with E-state index in [1.54, 1.807) is 60.7 Å². The Labute approximate surface area is 187 Å². The van der Waals surface area contributed by atoms with Crippen LogP contribution in [0.25, 0.3) is 0 Å². The van der Waals surface area contributed by atoms with Crippen molar-refractivity contribution in [2.24, 2.45) is 4.99 Å². The monoisotopic (exact) mass is 446 g/mol. The van der Waals surface area contributed by atoms with Crippen LogP contribution in [0.2, 0.25) is 5.02 Å². The molecule has 3 aromatic rings. The number of para-hydroxylation sites is 1. The lowest BCUT2D eigenvalue weighted by atomic mass is 9.99. The standard InChI is InChI=1S/C23H15ClN4O4/c24-16-9-4-3-8-15(16)20-18(25-17-10-5-11-19(28(31)32)21(17)26-20)12-27-22(29)13-6-1-2-7-14(13)23(27)30/h1-11,18,25H,12H2. The van der Waals surface area contributed by atoms with Crippen LogP contribution in [0.15, 0.2) is 71.7 Å². The molecule has 2 amide bonds. The van der Waals surface area contributed by atoms with Gasteiger partial charge >= 0.3 is 0 Å². The van der Waals surface area contributed by atoms with Gasteiger partial charge in [-0.25, -0.2) is 4.99 Å². The SMILES string of the molecule is O=C1c2ccccc2C(=O)N1CC1Nc2cccc([N+](=O)[O-])c2N=C1c1ccccc1Cl. The van der Waals surface area contributed by atoms with Crippen molar-refractivity contribution in [3.05, 3.63) is 98.6 Å². The molecule has 32 heavy (non-hydrogen) atoms. The molecule has 8 nitrogen and oxygen atoms in total. The maximum Gasteiger partial charge on any atom is 0.296 e. The van der Waals surface area contributed by atoms with Crippen molar-refractivity contribution in [3.63, 3.8) is 0 Å². The topological polar surface area (TPSA) is 105 Å². The highest BCUT2D eigenvalue weighted by molar-refractivity contribution is 6.35. The van der Waals surface area contributed by atoms with E-state index in [0.717, 1.165) is 4.90 Å². The first-order valence-corrected chi connectivity index (χ1v) is 10.2. The van der Waals surface area contributed by atoms with Crippen molar-refractivity contribution in [2.45, 2.75) is 6.04 Å². The number of carbonyl (C=O) groups excluding carboxylic acids is 2. The van der Waals surface area contributed by atoms with Gasteiger partial charge in [-0.3, -0.25) is 24.6 Å². The predicted octanol–water partition coefficient (Wildman–Crippen LogP) is 4.46. The van der Waals surface area contributed by atoms with Gasteiger partial charge in [-0.05, 0) is 24.3 Å². The highest BCUT2D eigenvalue weighted by Gasteiger charge is 2.39. The van der Waals surface area contributed by atoms with Crippen molar-refractivity contribution < 1.29 is 14.5 Å². The molecule has 0 bridgehead atoms. The van der Waals surface area contributed by atoms with E-state index in [1.807, 2.05) is 0 Å². The van der Waals surface area contributed by atoms with Gasteiger partial charge in [0, 0.05) is 16.7 Å². The number of carbonyl (C=O) groups is 2. The van der Waals surface area contributed by atoms with Gasteiger partial charge in [-0.15, -0.1) is 0 Å². The van der Waals surface area contributed by atoms with Crippen LogP contribution in [0.1, 0.15) is 26.3 Å². The van der Waals surface area contributed by atoms with Gasteiger partial charge in [0.05, 0.1) is 40.0 Å². The van der Waals surface area contributed by atoms with E-state index in [9.17, 15) is 19.7 Å². The second-order valence-corrected chi connectivity index (χ2v) is 7.78. The Morgan fingerprint density at radius 2 is 1.56 bits per heavy atom. The lowest BCUT2D eigenvalue weighted by Crippen LogP contribution is -2.45. The van der Waals surface area contributed by atoms with Crippen LogP contribution >= 0.6 is 11.6 Å². The average molecular weight is 447 g/mol. The number of hydrogen-bond donors (Lipinski definition) is 1. The Bertz CT molecular complexity index is 1300. The van der Waals surface area contributed by atoms with Crippen LogP contribution < -0.4 is 5.32 Å². The molecule has 0 spiro atoms. The van der Waals surface area contributed by atoms with Crippen LogP contribution in [0, 0.1) is 10.1 Å². The first kappa shape index (κ1) is 19.9. The number of fused-ring (bicyclic) bond motifs is 2. The number of nitro groups is 1. The fourth-order valence-corrected chi connectivity index (χ4v) is 4.24. The zero-order valence-electron chi connectivity index (χ0n) is 16.5. The van der Waals surface area contributed by atoms with Crippen molar-refractivity contribution in [1.82, 2.24) is 4.90 Å². The molecule has 9 heteroatoms. The maximum absolute atomic E-state index is 12.9. The molecule has 158 valence electrons. The highest BCUT2D eigenvalue weighted by Crippen LogP contribution is 2.40. The first-order chi connectivity index (χ1) is 15.5. The smallest absolute Gasteiger partial charge is 0.296 e. The van der Waals surface area contributed by atoms with Crippen molar-refractivity contribution in [2.75, 3.05) is 11.9 Å². The Kier molecular flexibility index (Phi) is 4.71. The number of nitro benzene ring substituents is 1. The van der Waals surface area contributed by atoms with E-state index in [2.05, 4.69) is 10.3 Å². The number of rotatable bonds is 4. The second kappa shape index (κ2) is 7.58. The van der Waals surface area contributed by atoms with Gasteiger partial charge in [-0.2, -0.15) is 0 Å². The summed E-state index contributed by atoms with van der Waals surface area (Å²) >= 11 is 6.41. The molecule has 1 atom stereocenters.